The number of rotatable bonds is 7. The lowest BCUT2D eigenvalue weighted by atomic mass is 10.0. The Morgan fingerprint density at radius 1 is 0.868 bits per heavy atom. The van der Waals surface area contributed by atoms with E-state index in [0.717, 1.165) is 54.6 Å². The highest BCUT2D eigenvalue weighted by molar-refractivity contribution is 7.92. The molecule has 0 bridgehead atoms. The summed E-state index contributed by atoms with van der Waals surface area (Å²) in [6, 6.07) is 23.3. The standard InChI is InChI=1S/C29H32N6O2S/c1-38(36,37)35(21-22-3-4-23-5-6-24(29(30)31)20-25(23)19-22)28-9-7-26(8-10-28)33-15-2-16-34(18-17-33)27-11-13-32-14-12-27/h3-14,19-20H,2,15-18,21H2,1H3,(H3,30,31). The molecule has 38 heavy (non-hydrogen) atoms. The zero-order valence-corrected chi connectivity index (χ0v) is 22.2. The molecule has 1 fully saturated rings. The summed E-state index contributed by atoms with van der Waals surface area (Å²) in [6.45, 7) is 3.94. The van der Waals surface area contributed by atoms with Gasteiger partial charge in [-0.15, -0.1) is 0 Å². The molecule has 196 valence electrons. The lowest BCUT2D eigenvalue weighted by molar-refractivity contribution is 0.596. The first kappa shape index (κ1) is 25.5. The molecule has 1 aliphatic heterocycles. The van der Waals surface area contributed by atoms with Crippen LogP contribution in [0.3, 0.4) is 0 Å². The van der Waals surface area contributed by atoms with Crippen molar-refractivity contribution in [3.63, 3.8) is 0 Å². The van der Waals surface area contributed by atoms with Crippen LogP contribution in [0.5, 0.6) is 0 Å². The van der Waals surface area contributed by atoms with Crippen LogP contribution in [0.1, 0.15) is 17.5 Å². The van der Waals surface area contributed by atoms with E-state index < -0.39 is 10.0 Å². The van der Waals surface area contributed by atoms with Crippen LogP contribution >= 0.6 is 0 Å². The Labute approximate surface area is 223 Å². The number of aromatic nitrogens is 1. The van der Waals surface area contributed by atoms with E-state index in [9.17, 15) is 8.42 Å². The molecule has 2 heterocycles. The number of amidine groups is 1. The molecule has 0 unspecified atom stereocenters. The molecule has 4 aromatic rings. The van der Waals surface area contributed by atoms with E-state index in [0.29, 0.717) is 11.3 Å². The van der Waals surface area contributed by atoms with Crippen LogP contribution < -0.4 is 19.8 Å². The first-order valence-corrected chi connectivity index (χ1v) is 14.5. The number of fused-ring (bicyclic) bond motifs is 1. The SMILES string of the molecule is CS(=O)(=O)N(Cc1ccc2ccc(C(=N)N)cc2c1)c1ccc(N2CCCN(c3ccncc3)CC2)cc1. The van der Waals surface area contributed by atoms with Gasteiger partial charge in [0.25, 0.3) is 0 Å². The third-order valence-electron chi connectivity index (χ3n) is 6.97. The van der Waals surface area contributed by atoms with E-state index in [-0.39, 0.29) is 12.4 Å². The number of nitrogen functional groups attached to an aromatic ring is 1. The molecule has 0 saturated carbocycles. The third-order valence-corrected chi connectivity index (χ3v) is 8.11. The van der Waals surface area contributed by atoms with Gasteiger partial charge >= 0.3 is 0 Å². The molecule has 5 rings (SSSR count). The molecule has 3 N–H and O–H groups in total. The van der Waals surface area contributed by atoms with Gasteiger partial charge in [0.2, 0.25) is 10.0 Å². The van der Waals surface area contributed by atoms with Crippen molar-refractivity contribution >= 4 is 43.7 Å². The molecule has 0 amide bonds. The van der Waals surface area contributed by atoms with Crippen LogP contribution in [0.25, 0.3) is 10.8 Å². The summed E-state index contributed by atoms with van der Waals surface area (Å²) in [7, 11) is -3.52. The van der Waals surface area contributed by atoms with Crippen molar-refractivity contribution in [3.8, 4) is 0 Å². The minimum absolute atomic E-state index is 0.00429. The van der Waals surface area contributed by atoms with Crippen molar-refractivity contribution in [1.82, 2.24) is 4.98 Å². The van der Waals surface area contributed by atoms with Gasteiger partial charge in [-0.1, -0.05) is 24.3 Å². The molecule has 9 heteroatoms. The summed E-state index contributed by atoms with van der Waals surface area (Å²) in [4.78, 5) is 8.85. The van der Waals surface area contributed by atoms with Gasteiger partial charge in [-0.3, -0.25) is 14.7 Å². The van der Waals surface area contributed by atoms with Crippen molar-refractivity contribution in [2.24, 2.45) is 5.73 Å². The molecule has 0 atom stereocenters. The summed E-state index contributed by atoms with van der Waals surface area (Å²) >= 11 is 0. The predicted molar refractivity (Wildman–Crippen MR) is 156 cm³/mol. The van der Waals surface area contributed by atoms with Crippen LogP contribution in [-0.2, 0) is 16.6 Å². The van der Waals surface area contributed by atoms with Crippen LogP contribution in [0.15, 0.2) is 85.2 Å². The maximum Gasteiger partial charge on any atom is 0.232 e. The predicted octanol–water partition coefficient (Wildman–Crippen LogP) is 4.20. The van der Waals surface area contributed by atoms with E-state index >= 15 is 0 Å². The minimum atomic E-state index is -3.52. The number of benzene rings is 3. The first-order valence-electron chi connectivity index (χ1n) is 12.6. The molecule has 3 aromatic carbocycles. The summed E-state index contributed by atoms with van der Waals surface area (Å²) in [6.07, 6.45) is 5.92. The van der Waals surface area contributed by atoms with Gasteiger partial charge < -0.3 is 15.5 Å². The Hall–Kier alpha value is -4.11. The fourth-order valence-corrected chi connectivity index (χ4v) is 5.83. The van der Waals surface area contributed by atoms with Crippen LogP contribution in [-0.4, -0.2) is 51.7 Å². The van der Waals surface area contributed by atoms with Crippen molar-refractivity contribution in [2.45, 2.75) is 13.0 Å². The first-order chi connectivity index (χ1) is 18.3. The smallest absolute Gasteiger partial charge is 0.232 e. The molecule has 8 nitrogen and oxygen atoms in total. The third kappa shape index (κ3) is 5.73. The van der Waals surface area contributed by atoms with E-state index in [1.54, 1.807) is 0 Å². The number of nitrogens with one attached hydrogen (secondary N) is 1. The highest BCUT2D eigenvalue weighted by atomic mass is 32.2. The van der Waals surface area contributed by atoms with Gasteiger partial charge in [-0.05, 0) is 71.3 Å². The maximum absolute atomic E-state index is 12.8. The molecule has 1 aliphatic rings. The molecular weight excluding hydrogens is 496 g/mol. The number of nitrogens with two attached hydrogens (primary N) is 1. The van der Waals surface area contributed by atoms with E-state index in [1.807, 2.05) is 85.2 Å². The topological polar surface area (TPSA) is 107 Å². The molecule has 0 aliphatic carbocycles. The number of sulfonamides is 1. The van der Waals surface area contributed by atoms with Gasteiger partial charge in [0, 0.05) is 55.5 Å². The van der Waals surface area contributed by atoms with Crippen LogP contribution in [0, 0.1) is 5.41 Å². The van der Waals surface area contributed by atoms with Crippen molar-refractivity contribution in [2.75, 3.05) is 46.5 Å². The second kappa shape index (κ2) is 10.7. The van der Waals surface area contributed by atoms with Crippen LogP contribution in [0.2, 0.25) is 0 Å². The maximum atomic E-state index is 12.8. The van der Waals surface area contributed by atoms with E-state index in [4.69, 9.17) is 11.1 Å². The number of hydrogen-bond acceptors (Lipinski definition) is 6. The van der Waals surface area contributed by atoms with Crippen molar-refractivity contribution in [1.29, 1.82) is 5.41 Å². The summed E-state index contributed by atoms with van der Waals surface area (Å²) in [5.41, 5.74) is 10.1. The minimum Gasteiger partial charge on any atom is -0.384 e. The summed E-state index contributed by atoms with van der Waals surface area (Å²) < 4.78 is 27.0. The van der Waals surface area contributed by atoms with Gasteiger partial charge in [0.15, 0.2) is 0 Å². The van der Waals surface area contributed by atoms with Gasteiger partial charge in [0.05, 0.1) is 18.5 Å². The average Bonchev–Trinajstić information content (AvgIpc) is 3.18. The number of pyridine rings is 1. The fraction of sp³-hybridized carbons (Fsp3) is 0.241. The van der Waals surface area contributed by atoms with E-state index in [2.05, 4.69) is 14.8 Å². The summed E-state index contributed by atoms with van der Waals surface area (Å²) in [5.74, 6) is 0.00429. The number of anilines is 3. The lowest BCUT2D eigenvalue weighted by Crippen LogP contribution is -2.31. The highest BCUT2D eigenvalue weighted by Gasteiger charge is 2.20. The number of nitrogens with zero attached hydrogens (tertiary/aromatic N) is 4. The second-order valence-corrected chi connectivity index (χ2v) is 11.5. The summed E-state index contributed by atoms with van der Waals surface area (Å²) in [5, 5.41) is 9.63. The van der Waals surface area contributed by atoms with Gasteiger partial charge in [-0.2, -0.15) is 0 Å². The van der Waals surface area contributed by atoms with Crippen LogP contribution in [0.4, 0.5) is 17.1 Å². The Morgan fingerprint density at radius 2 is 1.50 bits per heavy atom. The van der Waals surface area contributed by atoms with E-state index in [1.165, 1.54) is 16.2 Å². The largest absolute Gasteiger partial charge is 0.384 e. The molecule has 0 radical (unpaired) electrons. The lowest BCUT2D eigenvalue weighted by Gasteiger charge is -2.26. The zero-order valence-electron chi connectivity index (χ0n) is 21.4. The Balaban J connectivity index is 1.34. The molecule has 1 saturated heterocycles. The Kier molecular flexibility index (Phi) is 7.20. The second-order valence-electron chi connectivity index (χ2n) is 9.63. The van der Waals surface area contributed by atoms with Crippen molar-refractivity contribution < 1.29 is 8.42 Å². The molecule has 1 aromatic heterocycles. The zero-order chi connectivity index (χ0) is 26.7. The Morgan fingerprint density at radius 3 is 2.13 bits per heavy atom. The average molecular weight is 529 g/mol. The van der Waals surface area contributed by atoms with Gasteiger partial charge in [0.1, 0.15) is 5.84 Å². The molecule has 0 spiro atoms. The van der Waals surface area contributed by atoms with Crippen molar-refractivity contribution in [3.05, 3.63) is 96.3 Å². The fourth-order valence-electron chi connectivity index (χ4n) is 4.95. The number of hydrogen-bond donors (Lipinski definition) is 2. The Bertz CT molecular complexity index is 1540. The molecular formula is C29H32N6O2S. The highest BCUT2D eigenvalue weighted by Crippen LogP contribution is 2.27. The quantitative estimate of drug-likeness (QED) is 0.275. The normalized spacial score (nSPS) is 14.3. The van der Waals surface area contributed by atoms with Gasteiger partial charge in [-0.25, -0.2) is 8.42 Å². The monoisotopic (exact) mass is 528 g/mol.